The third-order valence-corrected chi connectivity index (χ3v) is 5.00. The Kier molecular flexibility index (Phi) is 3.59. The Bertz CT molecular complexity index is 656. The van der Waals surface area contributed by atoms with Crippen LogP contribution in [-0.2, 0) is 11.2 Å². The van der Waals surface area contributed by atoms with Gasteiger partial charge >= 0.3 is 0 Å². The zero-order chi connectivity index (χ0) is 14.9. The Morgan fingerprint density at radius 1 is 1.23 bits per heavy atom. The van der Waals surface area contributed by atoms with Gasteiger partial charge in [-0.1, -0.05) is 19.1 Å². The number of fused-ring (bicyclic) bond motifs is 3. The van der Waals surface area contributed by atoms with Gasteiger partial charge in [0, 0.05) is 36.2 Å². The highest BCUT2D eigenvalue weighted by Crippen LogP contribution is 2.49. The lowest BCUT2D eigenvalue weighted by atomic mass is 9.77. The van der Waals surface area contributed by atoms with E-state index in [-0.39, 0.29) is 6.10 Å². The van der Waals surface area contributed by atoms with Gasteiger partial charge in [-0.15, -0.1) is 0 Å². The summed E-state index contributed by atoms with van der Waals surface area (Å²) < 4.78 is 6.20. The fourth-order valence-electron chi connectivity index (χ4n) is 3.84. The molecule has 114 valence electrons. The van der Waals surface area contributed by atoms with Gasteiger partial charge < -0.3 is 10.1 Å². The van der Waals surface area contributed by atoms with Crippen molar-refractivity contribution in [2.24, 2.45) is 5.92 Å². The molecule has 3 nitrogen and oxygen atoms in total. The summed E-state index contributed by atoms with van der Waals surface area (Å²) in [6.45, 7) is 3.08. The minimum Gasteiger partial charge on any atom is -0.378 e. The van der Waals surface area contributed by atoms with E-state index in [2.05, 4.69) is 47.6 Å². The number of aromatic nitrogens is 1. The van der Waals surface area contributed by atoms with E-state index in [1.165, 1.54) is 28.8 Å². The second kappa shape index (κ2) is 5.73. The molecular weight excluding hydrogens is 272 g/mol. The van der Waals surface area contributed by atoms with E-state index in [0.717, 1.165) is 19.4 Å². The summed E-state index contributed by atoms with van der Waals surface area (Å²) in [5.74, 6) is 0.496. The van der Waals surface area contributed by atoms with E-state index >= 15 is 0 Å². The van der Waals surface area contributed by atoms with Gasteiger partial charge in [0.05, 0.1) is 12.1 Å². The number of anilines is 1. The summed E-state index contributed by atoms with van der Waals surface area (Å²) in [6.07, 6.45) is 7.40. The van der Waals surface area contributed by atoms with Crippen LogP contribution in [0.3, 0.4) is 0 Å². The fraction of sp³-hybridized carbons (Fsp3) is 0.421. The van der Waals surface area contributed by atoms with E-state index < -0.39 is 0 Å². The molecule has 1 fully saturated rings. The van der Waals surface area contributed by atoms with Crippen molar-refractivity contribution < 1.29 is 4.74 Å². The van der Waals surface area contributed by atoms with E-state index in [1.54, 1.807) is 0 Å². The Morgan fingerprint density at radius 2 is 2.09 bits per heavy atom. The lowest BCUT2D eigenvalue weighted by Crippen LogP contribution is -2.36. The Hall–Kier alpha value is -1.87. The van der Waals surface area contributed by atoms with Gasteiger partial charge in [0.25, 0.3) is 0 Å². The van der Waals surface area contributed by atoms with Crippen molar-refractivity contribution in [3.8, 4) is 0 Å². The number of hydrogen-bond donors (Lipinski definition) is 1. The molecule has 2 aliphatic rings. The van der Waals surface area contributed by atoms with Crippen LogP contribution in [0.15, 0.2) is 42.7 Å². The fourth-order valence-corrected chi connectivity index (χ4v) is 3.84. The van der Waals surface area contributed by atoms with Crippen LogP contribution in [0.5, 0.6) is 0 Å². The minimum absolute atomic E-state index is 0.217. The highest BCUT2D eigenvalue weighted by Gasteiger charge is 2.39. The first-order valence-corrected chi connectivity index (χ1v) is 8.27. The second-order valence-corrected chi connectivity index (χ2v) is 6.28. The van der Waals surface area contributed by atoms with Crippen LogP contribution in [0.2, 0.25) is 0 Å². The summed E-state index contributed by atoms with van der Waals surface area (Å²) in [5, 5.41) is 3.76. The molecule has 2 aromatic rings. The molecule has 3 unspecified atom stereocenters. The van der Waals surface area contributed by atoms with Crippen LogP contribution in [0.4, 0.5) is 5.69 Å². The van der Waals surface area contributed by atoms with E-state index in [1.807, 2.05) is 12.4 Å². The number of hydrogen-bond acceptors (Lipinski definition) is 3. The van der Waals surface area contributed by atoms with Crippen LogP contribution in [0, 0.1) is 5.92 Å². The average Bonchev–Trinajstić information content (AvgIpc) is 2.61. The zero-order valence-electron chi connectivity index (χ0n) is 13.0. The molecule has 1 saturated heterocycles. The maximum atomic E-state index is 6.20. The maximum absolute atomic E-state index is 6.20. The molecular formula is C19H22N2O. The Labute approximate surface area is 131 Å². The van der Waals surface area contributed by atoms with Crippen molar-refractivity contribution in [3.63, 3.8) is 0 Å². The van der Waals surface area contributed by atoms with Crippen molar-refractivity contribution in [3.05, 3.63) is 59.4 Å². The van der Waals surface area contributed by atoms with Crippen molar-refractivity contribution >= 4 is 5.69 Å². The molecule has 0 amide bonds. The molecule has 0 saturated carbocycles. The van der Waals surface area contributed by atoms with Gasteiger partial charge in [-0.3, -0.25) is 4.98 Å². The summed E-state index contributed by atoms with van der Waals surface area (Å²) in [5.41, 5.74) is 5.26. The largest absolute Gasteiger partial charge is 0.378 e. The third-order valence-electron chi connectivity index (χ3n) is 5.00. The first-order chi connectivity index (χ1) is 10.9. The smallest absolute Gasteiger partial charge is 0.0895 e. The van der Waals surface area contributed by atoms with Crippen LogP contribution in [0.1, 0.15) is 48.6 Å². The number of nitrogens with one attached hydrogen (secondary N) is 1. The number of benzene rings is 1. The maximum Gasteiger partial charge on any atom is 0.0895 e. The lowest BCUT2D eigenvalue weighted by Gasteiger charge is -2.43. The molecule has 3 heterocycles. The molecule has 1 aromatic carbocycles. The highest BCUT2D eigenvalue weighted by molar-refractivity contribution is 5.58. The SMILES string of the molecule is CCc1ccc2c(c1)C1OCCCC1C(c1ccncc1)N2. The van der Waals surface area contributed by atoms with Crippen molar-refractivity contribution in [1.29, 1.82) is 0 Å². The third kappa shape index (κ3) is 2.30. The molecule has 0 bridgehead atoms. The van der Waals surface area contributed by atoms with Gasteiger partial charge in [0.1, 0.15) is 0 Å². The number of rotatable bonds is 2. The summed E-state index contributed by atoms with van der Waals surface area (Å²) in [7, 11) is 0. The summed E-state index contributed by atoms with van der Waals surface area (Å²) in [4.78, 5) is 4.15. The molecule has 1 N–H and O–H groups in total. The monoisotopic (exact) mass is 294 g/mol. The predicted octanol–water partition coefficient (Wildman–Crippen LogP) is 4.28. The molecule has 2 aliphatic heterocycles. The topological polar surface area (TPSA) is 34.1 Å². The van der Waals surface area contributed by atoms with Crippen molar-refractivity contribution in [1.82, 2.24) is 4.98 Å². The van der Waals surface area contributed by atoms with Crippen LogP contribution >= 0.6 is 0 Å². The molecule has 3 atom stereocenters. The van der Waals surface area contributed by atoms with E-state index in [4.69, 9.17) is 4.74 Å². The highest BCUT2D eigenvalue weighted by atomic mass is 16.5. The van der Waals surface area contributed by atoms with Crippen molar-refractivity contribution in [2.75, 3.05) is 11.9 Å². The Balaban J connectivity index is 1.77. The van der Waals surface area contributed by atoms with E-state index in [0.29, 0.717) is 12.0 Å². The minimum atomic E-state index is 0.217. The molecule has 1 aromatic heterocycles. The molecule has 22 heavy (non-hydrogen) atoms. The Morgan fingerprint density at radius 3 is 2.91 bits per heavy atom. The molecule has 0 radical (unpaired) electrons. The van der Waals surface area contributed by atoms with Gasteiger partial charge in [-0.2, -0.15) is 0 Å². The van der Waals surface area contributed by atoms with Crippen LogP contribution < -0.4 is 5.32 Å². The molecule has 0 aliphatic carbocycles. The predicted molar refractivity (Wildman–Crippen MR) is 87.8 cm³/mol. The van der Waals surface area contributed by atoms with Crippen LogP contribution in [-0.4, -0.2) is 11.6 Å². The zero-order valence-corrected chi connectivity index (χ0v) is 13.0. The number of nitrogens with zero attached hydrogens (tertiary/aromatic N) is 1. The molecule has 4 rings (SSSR count). The van der Waals surface area contributed by atoms with Gasteiger partial charge in [-0.25, -0.2) is 0 Å². The summed E-state index contributed by atoms with van der Waals surface area (Å²) >= 11 is 0. The molecule has 0 spiro atoms. The average molecular weight is 294 g/mol. The first kappa shape index (κ1) is 13.8. The van der Waals surface area contributed by atoms with Crippen LogP contribution in [0.25, 0.3) is 0 Å². The van der Waals surface area contributed by atoms with E-state index in [9.17, 15) is 0 Å². The second-order valence-electron chi connectivity index (χ2n) is 6.28. The van der Waals surface area contributed by atoms with Gasteiger partial charge in [0.15, 0.2) is 0 Å². The standard InChI is InChI=1S/C19H22N2O/c1-2-13-5-6-17-16(12-13)19-15(4-3-11-22-19)18(21-17)14-7-9-20-10-8-14/h5-10,12,15,18-19,21H,2-4,11H2,1H3. The lowest BCUT2D eigenvalue weighted by molar-refractivity contribution is -0.0381. The van der Waals surface area contributed by atoms with Gasteiger partial charge in [0.2, 0.25) is 0 Å². The first-order valence-electron chi connectivity index (χ1n) is 8.27. The quantitative estimate of drug-likeness (QED) is 0.897. The normalized spacial score (nSPS) is 26.7. The van der Waals surface area contributed by atoms with Gasteiger partial charge in [-0.05, 0) is 48.6 Å². The number of ether oxygens (including phenoxy) is 1. The van der Waals surface area contributed by atoms with Crippen molar-refractivity contribution in [2.45, 2.75) is 38.3 Å². The number of pyridine rings is 1. The molecule has 3 heteroatoms. The summed E-state index contributed by atoms with van der Waals surface area (Å²) in [6, 6.07) is 11.3. The number of aryl methyl sites for hydroxylation is 1.